The van der Waals surface area contributed by atoms with Crippen LogP contribution in [0.2, 0.25) is 0 Å². The molecule has 0 N–H and O–H groups in total. The number of methoxy groups -OCH3 is 1. The summed E-state index contributed by atoms with van der Waals surface area (Å²) in [6.07, 6.45) is 1.29. The van der Waals surface area contributed by atoms with Crippen molar-refractivity contribution in [2.24, 2.45) is 0 Å². The Hall–Kier alpha value is -1.47. The van der Waals surface area contributed by atoms with Gasteiger partial charge in [0, 0.05) is 13.1 Å². The van der Waals surface area contributed by atoms with Gasteiger partial charge in [0.15, 0.2) is 0 Å². The molecule has 0 spiro atoms. The van der Waals surface area contributed by atoms with Gasteiger partial charge < -0.3 is 14.2 Å². The first kappa shape index (κ1) is 14.0. The molecule has 1 saturated heterocycles. The van der Waals surface area contributed by atoms with E-state index in [0.717, 1.165) is 10.6 Å². The molecule has 2 rings (SSSR count). The van der Waals surface area contributed by atoms with Crippen molar-refractivity contribution < 1.29 is 22.6 Å². The van der Waals surface area contributed by atoms with Crippen LogP contribution in [0.4, 0.5) is 5.69 Å². The van der Waals surface area contributed by atoms with Gasteiger partial charge in [0.05, 0.1) is 25.7 Å². The van der Waals surface area contributed by atoms with Gasteiger partial charge in [-0.25, -0.2) is 8.42 Å². The summed E-state index contributed by atoms with van der Waals surface area (Å²) >= 11 is 0. The highest BCUT2D eigenvalue weighted by Gasteiger charge is 2.23. The molecule has 0 saturated carbocycles. The van der Waals surface area contributed by atoms with Gasteiger partial charge >= 0.3 is 0 Å². The fourth-order valence-electron chi connectivity index (χ4n) is 1.54. The van der Waals surface area contributed by atoms with Gasteiger partial charge in [0.25, 0.3) is 0 Å². The second-order valence-electron chi connectivity index (χ2n) is 4.33. The second kappa shape index (κ2) is 5.26. The third-order valence-corrected chi connectivity index (χ3v) is 4.02. The van der Waals surface area contributed by atoms with E-state index in [1.165, 1.54) is 14.2 Å². The Balaban J connectivity index is 2.24. The van der Waals surface area contributed by atoms with E-state index in [4.69, 9.17) is 14.2 Å². The molecule has 106 valence electrons. The van der Waals surface area contributed by atoms with Crippen molar-refractivity contribution in [3.8, 4) is 11.5 Å². The fourth-order valence-corrected chi connectivity index (χ4v) is 2.04. The molecule has 1 aromatic carbocycles. The SMILES string of the molecule is COc1ccc(OC[C@@H]2CO2)cc1N(C)S(C)(=O)=O. The average Bonchev–Trinajstić information content (AvgIpc) is 3.18. The minimum absolute atomic E-state index is 0.151. The Bertz CT molecular complexity index is 553. The van der Waals surface area contributed by atoms with Gasteiger partial charge in [-0.1, -0.05) is 0 Å². The van der Waals surface area contributed by atoms with Crippen LogP contribution in [-0.4, -0.2) is 48.1 Å². The predicted molar refractivity (Wildman–Crippen MR) is 71.5 cm³/mol. The summed E-state index contributed by atoms with van der Waals surface area (Å²) in [7, 11) is -0.384. The highest BCUT2D eigenvalue weighted by molar-refractivity contribution is 7.92. The number of ether oxygens (including phenoxy) is 3. The largest absolute Gasteiger partial charge is 0.495 e. The lowest BCUT2D eigenvalue weighted by molar-refractivity contribution is 0.263. The lowest BCUT2D eigenvalue weighted by atomic mass is 10.2. The third-order valence-electron chi connectivity index (χ3n) is 2.83. The number of epoxide rings is 1. The minimum atomic E-state index is -3.35. The summed E-state index contributed by atoms with van der Waals surface area (Å²) in [5.41, 5.74) is 0.444. The molecule has 0 radical (unpaired) electrons. The molecule has 1 fully saturated rings. The van der Waals surface area contributed by atoms with Crippen LogP contribution in [0.25, 0.3) is 0 Å². The Kier molecular flexibility index (Phi) is 3.86. The van der Waals surface area contributed by atoms with Crippen molar-refractivity contribution in [1.29, 1.82) is 0 Å². The Labute approximate surface area is 112 Å². The standard InChI is InChI=1S/C12H17NO5S/c1-13(19(3,14)15)11-6-9(4-5-12(11)16-2)17-7-10-8-18-10/h4-6,10H,7-8H2,1-3H3/t10-/m1/s1. The van der Waals surface area contributed by atoms with Crippen LogP contribution in [0.1, 0.15) is 0 Å². The van der Waals surface area contributed by atoms with E-state index in [1.807, 2.05) is 0 Å². The average molecular weight is 287 g/mol. The maximum Gasteiger partial charge on any atom is 0.232 e. The lowest BCUT2D eigenvalue weighted by Gasteiger charge is -2.20. The zero-order valence-corrected chi connectivity index (χ0v) is 11.9. The summed E-state index contributed by atoms with van der Waals surface area (Å²) < 4.78 is 40.1. The molecule has 0 aromatic heterocycles. The van der Waals surface area contributed by atoms with Crippen LogP contribution in [0.15, 0.2) is 18.2 Å². The maximum absolute atomic E-state index is 11.6. The van der Waals surface area contributed by atoms with Crippen molar-refractivity contribution >= 4 is 15.7 Å². The quantitative estimate of drug-likeness (QED) is 0.726. The molecule has 1 aliphatic heterocycles. The van der Waals surface area contributed by atoms with Crippen LogP contribution in [0, 0.1) is 0 Å². The second-order valence-corrected chi connectivity index (χ2v) is 6.34. The molecular formula is C12H17NO5S. The van der Waals surface area contributed by atoms with Gasteiger partial charge in [-0.3, -0.25) is 4.31 Å². The highest BCUT2D eigenvalue weighted by Crippen LogP contribution is 2.33. The topological polar surface area (TPSA) is 68.4 Å². The molecule has 0 aliphatic carbocycles. The van der Waals surface area contributed by atoms with Crippen LogP contribution < -0.4 is 13.8 Å². The summed E-state index contributed by atoms with van der Waals surface area (Å²) in [6.45, 7) is 1.18. The zero-order valence-electron chi connectivity index (χ0n) is 11.1. The summed E-state index contributed by atoms with van der Waals surface area (Å²) in [5, 5.41) is 0. The van der Waals surface area contributed by atoms with Crippen molar-refractivity contribution in [2.45, 2.75) is 6.10 Å². The van der Waals surface area contributed by atoms with Gasteiger partial charge in [-0.2, -0.15) is 0 Å². The molecule has 0 amide bonds. The molecule has 0 unspecified atom stereocenters. The van der Waals surface area contributed by atoms with Gasteiger partial charge in [-0.15, -0.1) is 0 Å². The molecule has 1 aromatic rings. The maximum atomic E-state index is 11.6. The number of hydrogen-bond acceptors (Lipinski definition) is 5. The predicted octanol–water partition coefficient (Wildman–Crippen LogP) is 0.869. The van der Waals surface area contributed by atoms with E-state index in [1.54, 1.807) is 18.2 Å². The van der Waals surface area contributed by atoms with E-state index < -0.39 is 10.0 Å². The van der Waals surface area contributed by atoms with E-state index in [2.05, 4.69) is 0 Å². The smallest absolute Gasteiger partial charge is 0.232 e. The van der Waals surface area contributed by atoms with Gasteiger partial charge in [-0.05, 0) is 12.1 Å². The first-order valence-corrected chi connectivity index (χ1v) is 7.63. The fraction of sp³-hybridized carbons (Fsp3) is 0.500. The third kappa shape index (κ3) is 3.51. The van der Waals surface area contributed by atoms with E-state index in [-0.39, 0.29) is 6.10 Å². The number of rotatable bonds is 6. The van der Waals surface area contributed by atoms with E-state index in [0.29, 0.717) is 30.4 Å². The monoisotopic (exact) mass is 287 g/mol. The van der Waals surface area contributed by atoms with E-state index >= 15 is 0 Å². The Morgan fingerprint density at radius 2 is 2.16 bits per heavy atom. The molecule has 1 atom stereocenters. The zero-order chi connectivity index (χ0) is 14.0. The van der Waals surface area contributed by atoms with Crippen molar-refractivity contribution in [3.63, 3.8) is 0 Å². The molecule has 6 nitrogen and oxygen atoms in total. The number of nitrogens with zero attached hydrogens (tertiary/aromatic N) is 1. The Morgan fingerprint density at radius 1 is 1.47 bits per heavy atom. The van der Waals surface area contributed by atoms with E-state index in [9.17, 15) is 8.42 Å². The summed E-state index contributed by atoms with van der Waals surface area (Å²) in [4.78, 5) is 0. The normalized spacial score (nSPS) is 17.9. The van der Waals surface area contributed by atoms with Crippen molar-refractivity contribution in [1.82, 2.24) is 0 Å². The first-order chi connectivity index (χ1) is 8.91. The van der Waals surface area contributed by atoms with Crippen LogP contribution >= 0.6 is 0 Å². The lowest BCUT2D eigenvalue weighted by Crippen LogP contribution is -2.25. The minimum Gasteiger partial charge on any atom is -0.495 e. The number of benzene rings is 1. The summed E-state index contributed by atoms with van der Waals surface area (Å²) in [6, 6.07) is 5.06. The molecule has 0 bridgehead atoms. The molecule has 1 aliphatic rings. The van der Waals surface area contributed by atoms with Crippen molar-refractivity contribution in [3.05, 3.63) is 18.2 Å². The number of anilines is 1. The Morgan fingerprint density at radius 3 is 2.68 bits per heavy atom. The molecular weight excluding hydrogens is 270 g/mol. The van der Waals surface area contributed by atoms with Gasteiger partial charge in [0.1, 0.15) is 24.2 Å². The molecule has 7 heteroatoms. The molecule has 1 heterocycles. The number of sulfonamides is 1. The number of hydrogen-bond donors (Lipinski definition) is 0. The van der Waals surface area contributed by atoms with Crippen LogP contribution in [-0.2, 0) is 14.8 Å². The van der Waals surface area contributed by atoms with Crippen LogP contribution in [0.5, 0.6) is 11.5 Å². The highest BCUT2D eigenvalue weighted by atomic mass is 32.2. The van der Waals surface area contributed by atoms with Crippen molar-refractivity contribution in [2.75, 3.05) is 37.9 Å². The molecule has 19 heavy (non-hydrogen) atoms. The first-order valence-electron chi connectivity index (χ1n) is 5.78. The van der Waals surface area contributed by atoms with Crippen LogP contribution in [0.3, 0.4) is 0 Å². The van der Waals surface area contributed by atoms with Gasteiger partial charge in [0.2, 0.25) is 10.0 Å². The summed E-state index contributed by atoms with van der Waals surface area (Å²) in [5.74, 6) is 1.06.